The van der Waals surface area contributed by atoms with Gasteiger partial charge >= 0.3 is 5.97 Å². The number of carboxylic acids is 1. The lowest BCUT2D eigenvalue weighted by Crippen LogP contribution is -2.40. The SMILES string of the molecule is COc1ccc2c(c1)C[C@]13CC[C@](C(=O)O)(C1)C(=O)C=C23. The highest BCUT2D eigenvalue weighted by atomic mass is 16.5. The number of benzene rings is 1. The van der Waals surface area contributed by atoms with Gasteiger partial charge in [0.25, 0.3) is 0 Å². The summed E-state index contributed by atoms with van der Waals surface area (Å²) in [7, 11) is 1.63. The van der Waals surface area contributed by atoms with E-state index in [4.69, 9.17) is 4.74 Å². The van der Waals surface area contributed by atoms with Gasteiger partial charge in [0.1, 0.15) is 11.2 Å². The third kappa shape index (κ3) is 1.40. The van der Waals surface area contributed by atoms with Crippen LogP contribution < -0.4 is 4.74 Å². The summed E-state index contributed by atoms with van der Waals surface area (Å²) >= 11 is 0. The minimum Gasteiger partial charge on any atom is -0.497 e. The molecule has 0 heterocycles. The number of ketones is 1. The van der Waals surface area contributed by atoms with E-state index in [0.29, 0.717) is 12.8 Å². The van der Waals surface area contributed by atoms with Gasteiger partial charge < -0.3 is 9.84 Å². The second-order valence-corrected chi connectivity index (χ2v) is 6.47. The zero-order chi connectivity index (χ0) is 14.8. The Morgan fingerprint density at radius 1 is 1.33 bits per heavy atom. The van der Waals surface area contributed by atoms with Crippen LogP contribution in [0.15, 0.2) is 24.3 Å². The Bertz CT molecular complexity index is 718. The van der Waals surface area contributed by atoms with Crippen LogP contribution in [0, 0.1) is 10.8 Å². The predicted octanol–water partition coefficient (Wildman–Crippen LogP) is 2.46. The highest BCUT2D eigenvalue weighted by Gasteiger charge is 2.62. The van der Waals surface area contributed by atoms with Crippen LogP contribution in [0.5, 0.6) is 5.75 Å². The summed E-state index contributed by atoms with van der Waals surface area (Å²) in [5.41, 5.74) is 1.94. The first-order valence-corrected chi connectivity index (χ1v) is 7.18. The highest BCUT2D eigenvalue weighted by Crippen LogP contribution is 2.64. The Morgan fingerprint density at radius 2 is 2.14 bits per heavy atom. The van der Waals surface area contributed by atoms with Crippen molar-refractivity contribution < 1.29 is 19.4 Å². The molecule has 2 atom stereocenters. The molecule has 4 rings (SSSR count). The lowest BCUT2D eigenvalue weighted by molar-refractivity contribution is -0.153. The van der Waals surface area contributed by atoms with Crippen molar-refractivity contribution in [1.82, 2.24) is 0 Å². The van der Waals surface area contributed by atoms with Gasteiger partial charge in [0, 0.05) is 5.41 Å². The number of methoxy groups -OCH3 is 1. The molecule has 1 saturated carbocycles. The number of hydrogen-bond donors (Lipinski definition) is 1. The molecule has 1 spiro atoms. The van der Waals surface area contributed by atoms with Crippen molar-refractivity contribution in [3.63, 3.8) is 0 Å². The molecule has 1 fully saturated rings. The predicted molar refractivity (Wildman–Crippen MR) is 76.0 cm³/mol. The van der Waals surface area contributed by atoms with Gasteiger partial charge in [-0.2, -0.15) is 0 Å². The number of ether oxygens (including phenoxy) is 1. The smallest absolute Gasteiger partial charge is 0.317 e. The number of aliphatic carboxylic acids is 1. The first-order chi connectivity index (χ1) is 10.0. The van der Waals surface area contributed by atoms with E-state index < -0.39 is 11.4 Å². The van der Waals surface area contributed by atoms with Crippen molar-refractivity contribution >= 4 is 17.3 Å². The summed E-state index contributed by atoms with van der Waals surface area (Å²) < 4.78 is 5.27. The molecule has 1 N–H and O–H groups in total. The lowest BCUT2D eigenvalue weighted by Gasteiger charge is -2.32. The Hall–Kier alpha value is -2.10. The molecule has 0 aliphatic heterocycles. The van der Waals surface area contributed by atoms with Crippen LogP contribution in [0.4, 0.5) is 0 Å². The van der Waals surface area contributed by atoms with Gasteiger partial charge in [-0.1, -0.05) is 6.07 Å². The first-order valence-electron chi connectivity index (χ1n) is 7.18. The Morgan fingerprint density at radius 3 is 2.86 bits per heavy atom. The number of allylic oxidation sites excluding steroid dienone is 2. The molecule has 0 saturated heterocycles. The van der Waals surface area contributed by atoms with Gasteiger partial charge in [-0.15, -0.1) is 0 Å². The maximum atomic E-state index is 12.4. The van der Waals surface area contributed by atoms with Crippen molar-refractivity contribution in [2.75, 3.05) is 7.11 Å². The fourth-order valence-corrected chi connectivity index (χ4v) is 4.44. The van der Waals surface area contributed by atoms with Crippen molar-refractivity contribution in [1.29, 1.82) is 0 Å². The van der Waals surface area contributed by atoms with E-state index >= 15 is 0 Å². The third-order valence-corrected chi connectivity index (χ3v) is 5.53. The van der Waals surface area contributed by atoms with Crippen LogP contribution in [0.3, 0.4) is 0 Å². The molecule has 0 radical (unpaired) electrons. The number of carbonyl (C=O) groups is 2. The third-order valence-electron chi connectivity index (χ3n) is 5.53. The number of hydrogen-bond acceptors (Lipinski definition) is 3. The number of rotatable bonds is 2. The Balaban J connectivity index is 1.87. The van der Waals surface area contributed by atoms with Crippen molar-refractivity contribution in [3.05, 3.63) is 35.4 Å². The van der Waals surface area contributed by atoms with Crippen LogP contribution >= 0.6 is 0 Å². The molecule has 3 aliphatic rings. The van der Waals surface area contributed by atoms with E-state index in [1.807, 2.05) is 18.2 Å². The van der Waals surface area contributed by atoms with Gasteiger partial charge in [0.15, 0.2) is 5.78 Å². The molecule has 2 bridgehead atoms. The van der Waals surface area contributed by atoms with E-state index in [-0.39, 0.29) is 11.2 Å². The van der Waals surface area contributed by atoms with Gasteiger partial charge in [-0.05, 0) is 60.6 Å². The second kappa shape index (κ2) is 3.75. The first kappa shape index (κ1) is 12.6. The molecule has 108 valence electrons. The molecule has 0 amide bonds. The molecule has 0 unspecified atom stereocenters. The summed E-state index contributed by atoms with van der Waals surface area (Å²) in [6, 6.07) is 5.90. The minimum absolute atomic E-state index is 0.166. The van der Waals surface area contributed by atoms with E-state index in [1.54, 1.807) is 13.2 Å². The number of fused-ring (bicyclic) bond motifs is 3. The van der Waals surface area contributed by atoms with Crippen LogP contribution in [-0.4, -0.2) is 24.0 Å². The quantitative estimate of drug-likeness (QED) is 0.847. The molecule has 4 heteroatoms. The summed E-state index contributed by atoms with van der Waals surface area (Å²) in [5.74, 6) is -0.395. The van der Waals surface area contributed by atoms with Crippen molar-refractivity contribution in [2.45, 2.75) is 25.7 Å². The van der Waals surface area contributed by atoms with Crippen LogP contribution in [0.2, 0.25) is 0 Å². The minimum atomic E-state index is -1.18. The fraction of sp³-hybridized carbons (Fsp3) is 0.412. The average molecular weight is 284 g/mol. The zero-order valence-corrected chi connectivity index (χ0v) is 11.8. The molecule has 3 aliphatic carbocycles. The van der Waals surface area contributed by atoms with E-state index in [1.165, 1.54) is 0 Å². The van der Waals surface area contributed by atoms with Gasteiger partial charge in [-0.25, -0.2) is 0 Å². The molecule has 21 heavy (non-hydrogen) atoms. The summed E-state index contributed by atoms with van der Waals surface area (Å²) in [4.78, 5) is 24.0. The van der Waals surface area contributed by atoms with E-state index in [0.717, 1.165) is 35.3 Å². The van der Waals surface area contributed by atoms with Crippen LogP contribution in [0.1, 0.15) is 30.4 Å². The van der Waals surface area contributed by atoms with Gasteiger partial charge in [-0.3, -0.25) is 9.59 Å². The lowest BCUT2D eigenvalue weighted by atomic mass is 9.68. The van der Waals surface area contributed by atoms with Crippen molar-refractivity contribution in [3.8, 4) is 5.75 Å². The largest absolute Gasteiger partial charge is 0.497 e. The second-order valence-electron chi connectivity index (χ2n) is 6.47. The fourth-order valence-electron chi connectivity index (χ4n) is 4.44. The Labute approximate surface area is 122 Å². The molecular weight excluding hydrogens is 268 g/mol. The molecule has 0 aromatic heterocycles. The highest BCUT2D eigenvalue weighted by molar-refractivity contribution is 6.15. The maximum Gasteiger partial charge on any atom is 0.317 e. The maximum absolute atomic E-state index is 12.4. The van der Waals surface area contributed by atoms with E-state index in [9.17, 15) is 14.7 Å². The van der Waals surface area contributed by atoms with Crippen LogP contribution in [0.25, 0.3) is 5.57 Å². The monoisotopic (exact) mass is 284 g/mol. The molecule has 1 aromatic carbocycles. The molecule has 4 nitrogen and oxygen atoms in total. The standard InChI is InChI=1S/C17H16O4/c1-21-11-2-3-12-10(6-11)8-16-4-5-17(9-16,15(19)20)14(18)7-13(12)16/h2-3,6-7H,4-5,8-9H2,1H3,(H,19,20)/t16-,17+/m1/s1. The normalized spacial score (nSPS) is 32.4. The van der Waals surface area contributed by atoms with Gasteiger partial charge in [0.2, 0.25) is 0 Å². The summed E-state index contributed by atoms with van der Waals surface area (Å²) in [5, 5.41) is 9.53. The number of carboxylic acid groups (broad SMARTS) is 1. The van der Waals surface area contributed by atoms with Crippen molar-refractivity contribution in [2.24, 2.45) is 10.8 Å². The van der Waals surface area contributed by atoms with E-state index in [2.05, 4.69) is 0 Å². The molecule has 1 aromatic rings. The Kier molecular flexibility index (Phi) is 2.26. The van der Waals surface area contributed by atoms with Gasteiger partial charge in [0.05, 0.1) is 7.11 Å². The van der Waals surface area contributed by atoms with Crippen LogP contribution in [-0.2, 0) is 16.0 Å². The zero-order valence-electron chi connectivity index (χ0n) is 11.8. The number of carbonyl (C=O) groups excluding carboxylic acids is 1. The summed E-state index contributed by atoms with van der Waals surface area (Å²) in [6.45, 7) is 0. The summed E-state index contributed by atoms with van der Waals surface area (Å²) in [6.07, 6.45) is 4.08. The topological polar surface area (TPSA) is 63.6 Å². The average Bonchev–Trinajstić information content (AvgIpc) is 2.97. The molecular formula is C17H16O4.